The van der Waals surface area contributed by atoms with Crippen LogP contribution in [0.2, 0.25) is 5.15 Å². The van der Waals surface area contributed by atoms with Crippen molar-refractivity contribution in [3.05, 3.63) is 23.5 Å². The summed E-state index contributed by atoms with van der Waals surface area (Å²) in [6.45, 7) is 1.81. The molecule has 2 aromatic heterocycles. The first-order chi connectivity index (χ1) is 9.60. The Bertz CT molecular complexity index is 607. The van der Waals surface area contributed by atoms with E-state index in [1.807, 2.05) is 13.2 Å². The predicted octanol–water partition coefficient (Wildman–Crippen LogP) is 3.43. The Balaban J connectivity index is 1.97. The van der Waals surface area contributed by atoms with E-state index in [4.69, 9.17) is 11.6 Å². The van der Waals surface area contributed by atoms with Crippen molar-refractivity contribution in [2.45, 2.75) is 20.9 Å². The first-order valence-corrected chi connectivity index (χ1v) is 8.85. The third-order valence-corrected chi connectivity index (χ3v) is 5.61. The van der Waals surface area contributed by atoms with E-state index in [-0.39, 0.29) is 16.3 Å². The maximum absolute atomic E-state index is 12.1. The van der Waals surface area contributed by atoms with E-state index >= 15 is 0 Å². The molecule has 0 aliphatic carbocycles. The largest absolute Gasteiger partial charge is 0.322 e. The van der Waals surface area contributed by atoms with Gasteiger partial charge in [-0.15, -0.1) is 10.2 Å². The Hall–Kier alpha value is -0.830. The minimum Gasteiger partial charge on any atom is -0.322 e. The fourth-order valence-electron chi connectivity index (χ4n) is 1.25. The summed E-state index contributed by atoms with van der Waals surface area (Å²) in [5.41, 5.74) is 0.508. The number of pyridine rings is 1. The molecule has 2 rings (SSSR count). The first kappa shape index (κ1) is 15.6. The number of hydrogen-bond acceptors (Lipinski definition) is 7. The molecule has 2 heterocycles. The molecule has 0 radical (unpaired) electrons. The van der Waals surface area contributed by atoms with Gasteiger partial charge >= 0.3 is 0 Å². The smallest absolute Gasteiger partial charge is 0.237 e. The molecule has 1 N–H and O–H groups in total. The molecule has 0 fully saturated rings. The third kappa shape index (κ3) is 4.08. The van der Waals surface area contributed by atoms with Crippen LogP contribution in [0.3, 0.4) is 0 Å². The van der Waals surface area contributed by atoms with Crippen LogP contribution in [0.15, 0.2) is 27.0 Å². The Kier molecular flexibility index (Phi) is 5.64. The number of nitrogens with zero attached hydrogens (tertiary/aromatic N) is 3. The summed E-state index contributed by atoms with van der Waals surface area (Å²) in [5.74, 6) is -0.147. The summed E-state index contributed by atoms with van der Waals surface area (Å²) in [6, 6.07) is 3.43. The zero-order valence-corrected chi connectivity index (χ0v) is 13.9. The highest BCUT2D eigenvalue weighted by Gasteiger charge is 2.18. The minimum absolute atomic E-state index is 0.147. The van der Waals surface area contributed by atoms with Crippen LogP contribution >= 0.6 is 46.5 Å². The fourth-order valence-corrected chi connectivity index (χ4v) is 3.99. The maximum Gasteiger partial charge on any atom is 0.237 e. The summed E-state index contributed by atoms with van der Waals surface area (Å²) in [6.07, 6.45) is 3.51. The Labute approximate surface area is 133 Å². The molecular weight excluding hydrogens is 336 g/mol. The molecule has 0 saturated heterocycles. The molecule has 0 aliphatic rings. The molecule has 0 bridgehead atoms. The molecule has 5 nitrogen and oxygen atoms in total. The molecule has 2 aromatic rings. The summed E-state index contributed by atoms with van der Waals surface area (Å²) < 4.78 is 1.66. The highest BCUT2D eigenvalue weighted by atomic mass is 35.5. The summed E-state index contributed by atoms with van der Waals surface area (Å²) >= 11 is 10.3. The second-order valence-corrected chi connectivity index (χ2v) is 7.61. The van der Waals surface area contributed by atoms with Crippen molar-refractivity contribution < 1.29 is 4.79 Å². The highest BCUT2D eigenvalue weighted by molar-refractivity contribution is 8.03. The van der Waals surface area contributed by atoms with E-state index in [1.54, 1.807) is 18.3 Å². The average Bonchev–Trinajstić information content (AvgIpc) is 2.89. The molecule has 0 unspecified atom stereocenters. The number of anilines is 1. The zero-order chi connectivity index (χ0) is 14.5. The van der Waals surface area contributed by atoms with Crippen LogP contribution in [0.5, 0.6) is 0 Å². The van der Waals surface area contributed by atoms with Crippen LogP contribution in [-0.2, 0) is 4.79 Å². The number of hydrogen-bond donors (Lipinski definition) is 1. The van der Waals surface area contributed by atoms with E-state index in [2.05, 4.69) is 20.5 Å². The van der Waals surface area contributed by atoms with Gasteiger partial charge in [0.25, 0.3) is 0 Å². The van der Waals surface area contributed by atoms with Gasteiger partial charge in [-0.05, 0) is 25.3 Å². The van der Waals surface area contributed by atoms with E-state index in [9.17, 15) is 4.79 Å². The first-order valence-electron chi connectivity index (χ1n) is 5.55. The van der Waals surface area contributed by atoms with Gasteiger partial charge in [-0.25, -0.2) is 4.98 Å². The van der Waals surface area contributed by atoms with Gasteiger partial charge in [0.05, 0.1) is 10.9 Å². The second kappa shape index (κ2) is 7.26. The highest BCUT2D eigenvalue weighted by Crippen LogP contribution is 2.30. The van der Waals surface area contributed by atoms with Crippen molar-refractivity contribution in [2.75, 3.05) is 11.6 Å². The minimum atomic E-state index is -0.297. The quantitative estimate of drug-likeness (QED) is 0.660. The zero-order valence-electron chi connectivity index (χ0n) is 10.7. The molecular formula is C11H11ClN4OS3. The molecule has 0 aliphatic heterocycles. The van der Waals surface area contributed by atoms with Gasteiger partial charge in [0.1, 0.15) is 0 Å². The third-order valence-electron chi connectivity index (χ3n) is 2.23. The van der Waals surface area contributed by atoms with E-state index < -0.39 is 0 Å². The summed E-state index contributed by atoms with van der Waals surface area (Å²) in [4.78, 5) is 16.0. The molecule has 1 atom stereocenters. The van der Waals surface area contributed by atoms with Gasteiger partial charge < -0.3 is 5.32 Å². The lowest BCUT2D eigenvalue weighted by Crippen LogP contribution is -2.22. The second-order valence-electron chi connectivity index (χ2n) is 3.63. The van der Waals surface area contributed by atoms with Crippen molar-refractivity contribution in [1.82, 2.24) is 15.2 Å². The van der Waals surface area contributed by atoms with Gasteiger partial charge in [-0.3, -0.25) is 4.79 Å². The normalized spacial score (nSPS) is 12.2. The standard InChI is InChI=1S/C11H11ClN4OS3/c1-6(19-11-16-15-10(18-2)20-11)9(17)14-7-4-3-5-13-8(7)12/h3-6H,1-2H3,(H,14,17)/t6-/m0/s1. The predicted molar refractivity (Wildman–Crippen MR) is 84.9 cm³/mol. The lowest BCUT2D eigenvalue weighted by Gasteiger charge is -2.10. The van der Waals surface area contributed by atoms with Crippen LogP contribution < -0.4 is 5.32 Å². The number of amides is 1. The van der Waals surface area contributed by atoms with Gasteiger partial charge in [0.2, 0.25) is 5.91 Å². The molecule has 0 spiro atoms. The summed E-state index contributed by atoms with van der Waals surface area (Å²) in [5, 5.41) is 10.7. The van der Waals surface area contributed by atoms with E-state index in [1.165, 1.54) is 34.9 Å². The van der Waals surface area contributed by atoms with Crippen LogP contribution in [-0.4, -0.2) is 32.6 Å². The monoisotopic (exact) mass is 346 g/mol. The van der Waals surface area contributed by atoms with Gasteiger partial charge in [0, 0.05) is 6.20 Å². The Morgan fingerprint density at radius 2 is 2.20 bits per heavy atom. The van der Waals surface area contributed by atoms with Crippen LogP contribution in [0.25, 0.3) is 0 Å². The Morgan fingerprint density at radius 1 is 1.45 bits per heavy atom. The number of nitrogens with one attached hydrogen (secondary N) is 1. The molecule has 0 aromatic carbocycles. The Morgan fingerprint density at radius 3 is 2.85 bits per heavy atom. The van der Waals surface area contributed by atoms with Crippen LogP contribution in [0.1, 0.15) is 6.92 Å². The lowest BCUT2D eigenvalue weighted by atomic mass is 10.4. The van der Waals surface area contributed by atoms with Crippen molar-refractivity contribution in [3.8, 4) is 0 Å². The summed E-state index contributed by atoms with van der Waals surface area (Å²) in [7, 11) is 0. The van der Waals surface area contributed by atoms with Crippen molar-refractivity contribution in [1.29, 1.82) is 0 Å². The topological polar surface area (TPSA) is 67.8 Å². The molecule has 106 valence electrons. The van der Waals surface area contributed by atoms with E-state index in [0.717, 1.165) is 8.68 Å². The molecule has 20 heavy (non-hydrogen) atoms. The molecule has 0 saturated carbocycles. The van der Waals surface area contributed by atoms with Crippen LogP contribution in [0.4, 0.5) is 5.69 Å². The van der Waals surface area contributed by atoms with Gasteiger partial charge in [0.15, 0.2) is 13.8 Å². The number of thioether (sulfide) groups is 2. The SMILES string of the molecule is CSc1nnc(S[C@@H](C)C(=O)Nc2cccnc2Cl)s1. The molecule has 9 heteroatoms. The van der Waals surface area contributed by atoms with Gasteiger partial charge in [-0.1, -0.05) is 46.5 Å². The lowest BCUT2D eigenvalue weighted by molar-refractivity contribution is -0.115. The average molecular weight is 347 g/mol. The van der Waals surface area contributed by atoms with E-state index in [0.29, 0.717) is 5.69 Å². The van der Waals surface area contributed by atoms with Crippen LogP contribution in [0, 0.1) is 0 Å². The van der Waals surface area contributed by atoms with Crippen molar-refractivity contribution in [2.24, 2.45) is 0 Å². The molecule has 1 amide bonds. The fraction of sp³-hybridized carbons (Fsp3) is 0.273. The number of halogens is 1. The number of aromatic nitrogens is 3. The number of rotatable bonds is 5. The van der Waals surface area contributed by atoms with Gasteiger partial charge in [-0.2, -0.15) is 0 Å². The number of carbonyl (C=O) groups is 1. The van der Waals surface area contributed by atoms with Crippen molar-refractivity contribution in [3.63, 3.8) is 0 Å². The van der Waals surface area contributed by atoms with Crippen molar-refractivity contribution >= 4 is 58.1 Å². The number of carbonyl (C=O) groups excluding carboxylic acids is 1. The maximum atomic E-state index is 12.1.